The molecule has 4 heterocycles. The van der Waals surface area contributed by atoms with Crippen molar-refractivity contribution in [3.8, 4) is 17.0 Å². The Morgan fingerprint density at radius 1 is 1.00 bits per heavy atom. The molecule has 268 valence electrons. The van der Waals surface area contributed by atoms with Gasteiger partial charge >= 0.3 is 6.03 Å². The normalized spacial score (nSPS) is 13.9. The number of imidazole rings is 1. The number of fused-ring (bicyclic) bond motifs is 3. The van der Waals surface area contributed by atoms with E-state index in [1.807, 2.05) is 64.2 Å². The number of urea groups is 1. The average Bonchev–Trinajstić information content (AvgIpc) is 3.81. The Labute approximate surface area is 299 Å². The van der Waals surface area contributed by atoms with Crippen molar-refractivity contribution in [1.29, 1.82) is 0 Å². The van der Waals surface area contributed by atoms with Gasteiger partial charge in [0.25, 0.3) is 10.1 Å². The molecule has 0 radical (unpaired) electrons. The van der Waals surface area contributed by atoms with Gasteiger partial charge in [-0.05, 0) is 49.4 Å². The number of ether oxygens (including phenoxy) is 2. The van der Waals surface area contributed by atoms with Crippen molar-refractivity contribution in [1.82, 2.24) is 19.4 Å². The zero-order chi connectivity index (χ0) is 36.2. The fourth-order valence-corrected chi connectivity index (χ4v) is 6.74. The predicted molar refractivity (Wildman–Crippen MR) is 198 cm³/mol. The monoisotopic (exact) mass is 732 g/mol. The van der Waals surface area contributed by atoms with Gasteiger partial charge in [0.15, 0.2) is 10.8 Å². The number of aromatic nitrogens is 3. The second kappa shape index (κ2) is 15.2. The molecule has 51 heavy (non-hydrogen) atoms. The quantitative estimate of drug-likeness (QED) is 0.138. The van der Waals surface area contributed by atoms with Crippen molar-refractivity contribution in [3.05, 3.63) is 90.3 Å². The number of nitrogens with zero attached hydrogens (tertiary/aromatic N) is 4. The fourth-order valence-electron chi connectivity index (χ4n) is 5.23. The average molecular weight is 733 g/mol. The van der Waals surface area contributed by atoms with E-state index in [0.717, 1.165) is 70.6 Å². The van der Waals surface area contributed by atoms with Gasteiger partial charge in [-0.3, -0.25) is 19.2 Å². The molecule has 1 aliphatic rings. The maximum Gasteiger partial charge on any atom is 0.324 e. The molecule has 3 aromatic carbocycles. The van der Waals surface area contributed by atoms with Crippen LogP contribution in [0.1, 0.15) is 32.1 Å². The van der Waals surface area contributed by atoms with E-state index in [4.69, 9.17) is 23.5 Å². The fraction of sp³-hybridized carbons (Fsp3) is 0.306. The Hall–Kier alpha value is -4.80. The number of aryl methyl sites for hydroxylation is 1. The number of amides is 2. The molecule has 3 N–H and O–H groups in total. The number of morpholine rings is 1. The zero-order valence-electron chi connectivity index (χ0n) is 28.8. The highest BCUT2D eigenvalue weighted by molar-refractivity contribution is 7.85. The SMILES string of the molecule is CC(C)(C)c1cc(NC(=O)Nc2ccc(-c3cn4c(n3)sc3cc(OCCN5CCOCC5)ccc34)cc2)no1.Cc1ccc(S(=O)(=O)O)cc1. The first-order chi connectivity index (χ1) is 24.3. The van der Waals surface area contributed by atoms with Crippen molar-refractivity contribution in [2.45, 2.75) is 38.0 Å². The van der Waals surface area contributed by atoms with E-state index in [1.165, 1.54) is 12.1 Å². The van der Waals surface area contributed by atoms with E-state index in [-0.39, 0.29) is 16.3 Å². The minimum Gasteiger partial charge on any atom is -0.492 e. The highest BCUT2D eigenvalue weighted by Crippen LogP contribution is 2.32. The molecule has 15 heteroatoms. The molecule has 1 aliphatic heterocycles. The smallest absolute Gasteiger partial charge is 0.324 e. The second-order valence-electron chi connectivity index (χ2n) is 13.1. The summed E-state index contributed by atoms with van der Waals surface area (Å²) in [5.41, 5.74) is 4.35. The molecule has 0 unspecified atom stereocenters. The van der Waals surface area contributed by atoms with Gasteiger partial charge in [-0.1, -0.05) is 67.1 Å². The summed E-state index contributed by atoms with van der Waals surface area (Å²) in [7, 11) is -4.02. The van der Waals surface area contributed by atoms with Crippen LogP contribution in [0.4, 0.5) is 16.3 Å². The molecule has 1 saturated heterocycles. The van der Waals surface area contributed by atoms with Crippen LogP contribution in [0.5, 0.6) is 5.75 Å². The first-order valence-electron chi connectivity index (χ1n) is 16.4. The lowest BCUT2D eigenvalue weighted by atomic mass is 9.93. The van der Waals surface area contributed by atoms with Crippen LogP contribution in [-0.4, -0.2) is 77.9 Å². The molecule has 0 spiro atoms. The summed E-state index contributed by atoms with van der Waals surface area (Å²) in [6.07, 6.45) is 2.04. The van der Waals surface area contributed by atoms with E-state index >= 15 is 0 Å². The van der Waals surface area contributed by atoms with Gasteiger partial charge in [0, 0.05) is 48.6 Å². The van der Waals surface area contributed by atoms with Crippen LogP contribution >= 0.6 is 11.3 Å². The largest absolute Gasteiger partial charge is 0.492 e. The summed E-state index contributed by atoms with van der Waals surface area (Å²) in [6.45, 7) is 13.0. The highest BCUT2D eigenvalue weighted by atomic mass is 32.2. The predicted octanol–water partition coefficient (Wildman–Crippen LogP) is 7.10. The topological polar surface area (TPSA) is 161 Å². The number of hydrogen-bond acceptors (Lipinski definition) is 10. The Morgan fingerprint density at radius 3 is 2.39 bits per heavy atom. The van der Waals surface area contributed by atoms with E-state index in [9.17, 15) is 13.2 Å². The van der Waals surface area contributed by atoms with Crippen LogP contribution in [0.15, 0.2) is 88.4 Å². The van der Waals surface area contributed by atoms with Crippen molar-refractivity contribution in [2.75, 3.05) is 50.1 Å². The third kappa shape index (κ3) is 9.31. The van der Waals surface area contributed by atoms with E-state index in [2.05, 4.69) is 37.2 Å². The van der Waals surface area contributed by atoms with Crippen LogP contribution in [0, 0.1) is 6.92 Å². The Kier molecular flexibility index (Phi) is 10.7. The number of rotatable bonds is 8. The molecular formula is C36H40N6O7S2. The van der Waals surface area contributed by atoms with Crippen LogP contribution < -0.4 is 15.4 Å². The third-order valence-corrected chi connectivity index (χ3v) is 9.98. The zero-order valence-corrected chi connectivity index (χ0v) is 30.4. The summed E-state index contributed by atoms with van der Waals surface area (Å²) >= 11 is 1.63. The number of thiazole rings is 1. The highest BCUT2D eigenvalue weighted by Gasteiger charge is 2.20. The number of benzene rings is 3. The maximum atomic E-state index is 12.4. The van der Waals surface area contributed by atoms with Crippen molar-refractivity contribution >= 4 is 54.2 Å². The van der Waals surface area contributed by atoms with E-state index in [0.29, 0.717) is 23.9 Å². The Balaban J connectivity index is 0.000000349. The molecule has 13 nitrogen and oxygen atoms in total. The number of anilines is 2. The third-order valence-electron chi connectivity index (χ3n) is 8.09. The minimum absolute atomic E-state index is 0.0666. The van der Waals surface area contributed by atoms with Crippen LogP contribution in [0.2, 0.25) is 0 Å². The number of nitrogens with one attached hydrogen (secondary N) is 2. The standard InChI is InChI=1S/C29H32N6O4S.C7H8O3S/c1-29(2,3)25-17-26(33-39-25)32-27(36)30-20-6-4-19(5-7-20)22-18-35-23-9-8-21(16-24(23)40-28(35)31-22)38-15-12-34-10-13-37-14-11-34;1-6-2-4-7(5-3-6)11(8,9)10/h4-9,16-18H,10-15H2,1-3H3,(H2,30,32,33,36);2-5H,1H3,(H,8,9,10). The van der Waals surface area contributed by atoms with Gasteiger partial charge in [-0.2, -0.15) is 8.42 Å². The summed E-state index contributed by atoms with van der Waals surface area (Å²) in [5, 5.41) is 9.45. The molecule has 7 rings (SSSR count). The number of carbonyl (C=O) groups excluding carboxylic acids is 1. The molecule has 3 aromatic heterocycles. The summed E-state index contributed by atoms with van der Waals surface area (Å²) in [4.78, 5) is 20.5. The van der Waals surface area contributed by atoms with Crippen molar-refractivity contribution in [3.63, 3.8) is 0 Å². The first-order valence-corrected chi connectivity index (χ1v) is 18.6. The van der Waals surface area contributed by atoms with E-state index < -0.39 is 10.1 Å². The lowest BCUT2D eigenvalue weighted by Gasteiger charge is -2.26. The Morgan fingerprint density at radius 2 is 1.73 bits per heavy atom. The molecule has 0 saturated carbocycles. The molecule has 0 aliphatic carbocycles. The van der Waals surface area contributed by atoms with Gasteiger partial charge < -0.3 is 19.3 Å². The van der Waals surface area contributed by atoms with Gasteiger partial charge in [0.2, 0.25) is 0 Å². The molecule has 0 atom stereocenters. The molecule has 2 amide bonds. The van der Waals surface area contributed by atoms with Gasteiger partial charge in [-0.15, -0.1) is 0 Å². The number of hydrogen-bond donors (Lipinski definition) is 3. The molecule has 1 fully saturated rings. The number of carbonyl (C=O) groups is 1. The summed E-state index contributed by atoms with van der Waals surface area (Å²) < 4.78 is 49.5. The lowest BCUT2D eigenvalue weighted by molar-refractivity contribution is 0.0322. The van der Waals surface area contributed by atoms with Crippen LogP contribution in [0.25, 0.3) is 26.4 Å². The van der Waals surface area contributed by atoms with Crippen molar-refractivity contribution in [2.24, 2.45) is 0 Å². The van der Waals surface area contributed by atoms with Crippen LogP contribution in [0.3, 0.4) is 0 Å². The van der Waals surface area contributed by atoms with Gasteiger partial charge in [0.05, 0.1) is 34.0 Å². The Bertz CT molecular complexity index is 2210. The van der Waals surface area contributed by atoms with Gasteiger partial charge in [-0.25, -0.2) is 9.78 Å². The van der Waals surface area contributed by atoms with E-state index in [1.54, 1.807) is 29.5 Å². The minimum atomic E-state index is -4.02. The molecular weight excluding hydrogens is 693 g/mol. The molecule has 6 aromatic rings. The molecule has 0 bridgehead atoms. The summed E-state index contributed by atoms with van der Waals surface area (Å²) in [5.74, 6) is 1.94. The maximum absolute atomic E-state index is 12.4. The second-order valence-corrected chi connectivity index (χ2v) is 15.5. The van der Waals surface area contributed by atoms with Crippen molar-refractivity contribution < 1.29 is 31.8 Å². The van der Waals surface area contributed by atoms with Crippen LogP contribution in [-0.2, 0) is 20.3 Å². The van der Waals surface area contributed by atoms with Gasteiger partial charge in [0.1, 0.15) is 18.1 Å². The lowest BCUT2D eigenvalue weighted by Crippen LogP contribution is -2.38. The summed E-state index contributed by atoms with van der Waals surface area (Å²) in [6, 6.07) is 21.1. The first kappa shape index (κ1) is 36.0.